The van der Waals surface area contributed by atoms with E-state index >= 15 is 0 Å². The summed E-state index contributed by atoms with van der Waals surface area (Å²) in [5, 5.41) is 2.84. The smallest absolute Gasteiger partial charge is 0.240 e. The highest BCUT2D eigenvalue weighted by molar-refractivity contribution is 6.74. The summed E-state index contributed by atoms with van der Waals surface area (Å²) in [6.07, 6.45) is 1.10. The first-order valence-electron chi connectivity index (χ1n) is 7.86. The average molecular weight is 331 g/mol. The van der Waals surface area contributed by atoms with E-state index in [0.29, 0.717) is 32.7 Å². The monoisotopic (exact) mass is 330 g/mol. The van der Waals surface area contributed by atoms with Crippen molar-refractivity contribution in [1.29, 1.82) is 0 Å². The summed E-state index contributed by atoms with van der Waals surface area (Å²) in [7, 11) is -1.86. The molecule has 1 rings (SSSR count). The first-order valence-corrected chi connectivity index (χ1v) is 10.8. The van der Waals surface area contributed by atoms with Crippen LogP contribution >= 0.6 is 0 Å². The molecule has 0 aliphatic carbocycles. The van der Waals surface area contributed by atoms with Crippen molar-refractivity contribution in [3.63, 3.8) is 0 Å². The van der Waals surface area contributed by atoms with E-state index in [-0.39, 0.29) is 16.9 Å². The Balaban J connectivity index is 2.48. The molecule has 0 aromatic rings. The number of rotatable bonds is 7. The van der Waals surface area contributed by atoms with Gasteiger partial charge in [0, 0.05) is 13.2 Å². The molecule has 0 radical (unpaired) electrons. The zero-order valence-corrected chi connectivity index (χ0v) is 15.4. The summed E-state index contributed by atoms with van der Waals surface area (Å²) >= 11 is 0. The number of carbonyl (C=O) groups excluding carboxylic acids is 2. The molecule has 0 aromatic heterocycles. The minimum absolute atomic E-state index is 0.111. The van der Waals surface area contributed by atoms with E-state index in [0.717, 1.165) is 0 Å². The number of nitrogens with two attached hydrogens (primary N) is 1. The van der Waals surface area contributed by atoms with E-state index in [1.54, 1.807) is 0 Å². The van der Waals surface area contributed by atoms with Crippen LogP contribution in [0.2, 0.25) is 18.1 Å². The van der Waals surface area contributed by atoms with Crippen molar-refractivity contribution < 1.29 is 18.8 Å². The van der Waals surface area contributed by atoms with Crippen molar-refractivity contribution in [3.05, 3.63) is 0 Å². The predicted molar refractivity (Wildman–Crippen MR) is 87.8 cm³/mol. The van der Waals surface area contributed by atoms with Gasteiger partial charge in [0.1, 0.15) is 6.04 Å². The van der Waals surface area contributed by atoms with Gasteiger partial charge in [-0.1, -0.05) is 20.8 Å². The second kappa shape index (κ2) is 7.57. The van der Waals surface area contributed by atoms with Gasteiger partial charge in [-0.2, -0.15) is 0 Å². The highest BCUT2D eigenvalue weighted by atomic mass is 28.4. The molecule has 1 saturated heterocycles. The van der Waals surface area contributed by atoms with E-state index in [1.165, 1.54) is 0 Å². The molecule has 1 aliphatic rings. The lowest BCUT2D eigenvalue weighted by Gasteiger charge is -2.36. The molecule has 0 saturated carbocycles. The minimum atomic E-state index is -1.86. The molecule has 6 nitrogen and oxygen atoms in total. The van der Waals surface area contributed by atoms with Crippen molar-refractivity contribution in [3.8, 4) is 0 Å². The Hall–Kier alpha value is -0.923. The zero-order valence-electron chi connectivity index (χ0n) is 14.4. The van der Waals surface area contributed by atoms with E-state index in [2.05, 4.69) is 39.2 Å². The quantitative estimate of drug-likeness (QED) is 0.690. The number of primary amides is 1. The van der Waals surface area contributed by atoms with E-state index in [4.69, 9.17) is 14.9 Å². The average Bonchev–Trinajstić information content (AvgIpc) is 2.89. The molecule has 22 heavy (non-hydrogen) atoms. The molecular formula is C15H30N2O4Si. The van der Waals surface area contributed by atoms with Gasteiger partial charge in [-0.25, -0.2) is 0 Å². The van der Waals surface area contributed by atoms with Gasteiger partial charge in [0.05, 0.1) is 12.5 Å². The summed E-state index contributed by atoms with van der Waals surface area (Å²) < 4.78 is 11.2. The molecule has 1 heterocycles. The van der Waals surface area contributed by atoms with E-state index < -0.39 is 20.3 Å². The van der Waals surface area contributed by atoms with Crippen LogP contribution in [0.4, 0.5) is 0 Å². The third-order valence-electron chi connectivity index (χ3n) is 4.64. The van der Waals surface area contributed by atoms with Crippen LogP contribution in [0.15, 0.2) is 0 Å². The third kappa shape index (κ3) is 5.37. The molecule has 0 unspecified atom stereocenters. The zero-order chi connectivity index (χ0) is 17.0. The molecule has 0 aromatic carbocycles. The maximum Gasteiger partial charge on any atom is 0.240 e. The number of carbonyl (C=O) groups is 2. The Bertz CT molecular complexity index is 401. The van der Waals surface area contributed by atoms with Crippen LogP contribution in [-0.4, -0.2) is 46.0 Å². The minimum Gasteiger partial charge on any atom is -0.417 e. The maximum absolute atomic E-state index is 12.0. The number of hydrogen-bond donors (Lipinski definition) is 2. The van der Waals surface area contributed by atoms with Crippen LogP contribution in [0.3, 0.4) is 0 Å². The Morgan fingerprint density at radius 2 is 2.05 bits per heavy atom. The largest absolute Gasteiger partial charge is 0.417 e. The van der Waals surface area contributed by atoms with Gasteiger partial charge in [0.25, 0.3) is 0 Å². The second-order valence-corrected chi connectivity index (χ2v) is 12.2. The molecule has 1 fully saturated rings. The first kappa shape index (κ1) is 19.1. The molecule has 2 atom stereocenters. The standard InChI is InChI=1S/C15H30N2O4Si/c1-15(2,3)22(4,5)21-9-7-12(13(16)18)17-14(19)11-6-8-20-10-11/h11-12H,6-10H2,1-5H3,(H2,16,18)(H,17,19)/t11-,12+/m0/s1. The predicted octanol–water partition coefficient (Wildman–Crippen LogP) is 1.40. The number of hydrogen-bond acceptors (Lipinski definition) is 4. The van der Waals surface area contributed by atoms with Crippen molar-refractivity contribution in [2.24, 2.45) is 11.7 Å². The van der Waals surface area contributed by atoms with Crippen molar-refractivity contribution in [2.45, 2.75) is 57.8 Å². The number of amides is 2. The molecule has 0 bridgehead atoms. The SMILES string of the molecule is CC(C)(C)[Si](C)(C)OCC[C@@H](NC(=O)[C@H]1CCOC1)C(N)=O. The van der Waals surface area contributed by atoms with Crippen molar-refractivity contribution in [2.75, 3.05) is 19.8 Å². The fourth-order valence-corrected chi connectivity index (χ4v) is 3.03. The van der Waals surface area contributed by atoms with Crippen LogP contribution in [-0.2, 0) is 18.8 Å². The Morgan fingerprint density at radius 3 is 2.50 bits per heavy atom. The Kier molecular flexibility index (Phi) is 6.58. The lowest BCUT2D eigenvalue weighted by Crippen LogP contribution is -2.48. The topological polar surface area (TPSA) is 90.7 Å². The molecule has 2 amide bonds. The lowest BCUT2D eigenvalue weighted by atomic mass is 10.1. The maximum atomic E-state index is 12.0. The van der Waals surface area contributed by atoms with E-state index in [9.17, 15) is 9.59 Å². The third-order valence-corrected chi connectivity index (χ3v) is 9.17. The van der Waals surface area contributed by atoms with Gasteiger partial charge in [-0.05, 0) is 31.0 Å². The van der Waals surface area contributed by atoms with Crippen LogP contribution < -0.4 is 11.1 Å². The van der Waals surface area contributed by atoms with E-state index in [1.807, 2.05) is 0 Å². The number of ether oxygens (including phenoxy) is 1. The van der Waals surface area contributed by atoms with Crippen LogP contribution in [0.5, 0.6) is 0 Å². The van der Waals surface area contributed by atoms with Crippen LogP contribution in [0.1, 0.15) is 33.6 Å². The molecule has 7 heteroatoms. The fraction of sp³-hybridized carbons (Fsp3) is 0.867. The normalized spacial score (nSPS) is 20.7. The Morgan fingerprint density at radius 1 is 1.41 bits per heavy atom. The van der Waals surface area contributed by atoms with Crippen LogP contribution in [0, 0.1) is 5.92 Å². The molecular weight excluding hydrogens is 300 g/mol. The molecule has 128 valence electrons. The molecule has 3 N–H and O–H groups in total. The summed E-state index contributed by atoms with van der Waals surface area (Å²) in [5.41, 5.74) is 5.39. The van der Waals surface area contributed by atoms with Gasteiger partial charge in [0.15, 0.2) is 8.32 Å². The lowest BCUT2D eigenvalue weighted by molar-refractivity contribution is -0.130. The highest BCUT2D eigenvalue weighted by Crippen LogP contribution is 2.36. The van der Waals surface area contributed by atoms with Gasteiger partial charge >= 0.3 is 0 Å². The first-order chi connectivity index (χ1) is 10.0. The summed E-state index contributed by atoms with van der Waals surface area (Å²) in [5.74, 6) is -0.858. The van der Waals surface area contributed by atoms with Gasteiger partial charge in [0.2, 0.25) is 11.8 Å². The van der Waals surface area contributed by atoms with Crippen molar-refractivity contribution >= 4 is 20.1 Å². The van der Waals surface area contributed by atoms with Gasteiger partial charge in [-0.3, -0.25) is 9.59 Å². The number of nitrogens with one attached hydrogen (secondary N) is 1. The summed E-state index contributed by atoms with van der Waals surface area (Å²) in [6, 6.07) is -0.683. The highest BCUT2D eigenvalue weighted by Gasteiger charge is 2.37. The Labute approximate surface area is 134 Å². The van der Waals surface area contributed by atoms with Gasteiger partial charge in [-0.15, -0.1) is 0 Å². The van der Waals surface area contributed by atoms with Crippen LogP contribution in [0.25, 0.3) is 0 Å². The summed E-state index contributed by atoms with van der Waals surface area (Å²) in [6.45, 7) is 12.2. The molecule has 1 aliphatic heterocycles. The van der Waals surface area contributed by atoms with Crippen molar-refractivity contribution in [1.82, 2.24) is 5.32 Å². The van der Waals surface area contributed by atoms with Gasteiger partial charge < -0.3 is 20.2 Å². The molecule has 0 spiro atoms. The summed E-state index contributed by atoms with van der Waals surface area (Å²) in [4.78, 5) is 23.6. The second-order valence-electron chi connectivity index (χ2n) is 7.42. The fourth-order valence-electron chi connectivity index (χ4n) is 1.96.